The highest BCUT2D eigenvalue weighted by atomic mass is 35.5. The lowest BCUT2D eigenvalue weighted by molar-refractivity contribution is 0.412. The van der Waals surface area contributed by atoms with Gasteiger partial charge in [0.2, 0.25) is 0 Å². The van der Waals surface area contributed by atoms with Crippen molar-refractivity contribution in [3.63, 3.8) is 0 Å². The number of aryl methyl sites for hydroxylation is 1. The van der Waals surface area contributed by atoms with Crippen molar-refractivity contribution in [1.82, 2.24) is 4.98 Å². The predicted molar refractivity (Wildman–Crippen MR) is 80.0 cm³/mol. The fraction of sp³-hybridized carbons (Fsp3) is 0.312. The molecule has 0 aliphatic carbocycles. The first-order valence-electron chi connectivity index (χ1n) is 6.45. The number of aromatic nitrogens is 1. The van der Waals surface area contributed by atoms with Crippen LogP contribution in [0.5, 0.6) is 5.75 Å². The lowest BCUT2D eigenvalue weighted by atomic mass is 9.95. The van der Waals surface area contributed by atoms with Crippen molar-refractivity contribution in [3.8, 4) is 16.9 Å². The number of rotatable bonds is 3. The Bertz CT molecular complexity index is 641. The van der Waals surface area contributed by atoms with Crippen molar-refractivity contribution in [2.45, 2.75) is 26.7 Å². The molecule has 0 amide bonds. The minimum absolute atomic E-state index is 0.0974. The fourth-order valence-electron chi connectivity index (χ4n) is 2.21. The van der Waals surface area contributed by atoms with Crippen molar-refractivity contribution in [2.24, 2.45) is 0 Å². The number of nitrogens with zero attached hydrogens (tertiary/aromatic N) is 1. The molecule has 1 heterocycles. The Morgan fingerprint density at radius 1 is 1.20 bits per heavy atom. The van der Waals surface area contributed by atoms with Gasteiger partial charge in [0.1, 0.15) is 16.7 Å². The van der Waals surface area contributed by atoms with Gasteiger partial charge in [-0.2, -0.15) is 0 Å². The maximum atomic E-state index is 14.0. The Hall–Kier alpha value is -1.61. The molecule has 0 aliphatic heterocycles. The van der Waals surface area contributed by atoms with Crippen LogP contribution >= 0.6 is 11.6 Å². The number of ether oxygens (including phenoxy) is 1. The van der Waals surface area contributed by atoms with Crippen LogP contribution in [0, 0.1) is 12.7 Å². The standard InChI is InChI=1S/C16H17ClFNO/c1-9(2)12-7-13(15(20-4)8-14(12)18)11-5-6-16(17)19-10(11)3/h5-9H,1-4H3. The lowest BCUT2D eigenvalue weighted by Crippen LogP contribution is -1.99. The molecule has 0 saturated heterocycles. The van der Waals surface area contributed by atoms with Crippen LogP contribution in [-0.4, -0.2) is 12.1 Å². The molecule has 1 aromatic heterocycles. The average molecular weight is 294 g/mol. The second kappa shape index (κ2) is 5.80. The van der Waals surface area contributed by atoms with Crippen LogP contribution in [0.15, 0.2) is 24.3 Å². The van der Waals surface area contributed by atoms with Gasteiger partial charge >= 0.3 is 0 Å². The Balaban J connectivity index is 2.68. The van der Waals surface area contributed by atoms with Crippen molar-refractivity contribution >= 4 is 11.6 Å². The minimum Gasteiger partial charge on any atom is -0.496 e. The molecule has 0 N–H and O–H groups in total. The maximum absolute atomic E-state index is 14.0. The Labute approximate surface area is 123 Å². The third kappa shape index (κ3) is 2.78. The van der Waals surface area contributed by atoms with Crippen LogP contribution < -0.4 is 4.74 Å². The number of pyridine rings is 1. The molecule has 2 nitrogen and oxygen atoms in total. The van der Waals surface area contributed by atoms with E-state index in [1.165, 1.54) is 13.2 Å². The van der Waals surface area contributed by atoms with E-state index in [0.29, 0.717) is 16.5 Å². The van der Waals surface area contributed by atoms with Crippen molar-refractivity contribution in [2.75, 3.05) is 7.11 Å². The van der Waals surface area contributed by atoms with Crippen LogP contribution in [0.25, 0.3) is 11.1 Å². The van der Waals surface area contributed by atoms with E-state index in [2.05, 4.69) is 4.98 Å². The monoisotopic (exact) mass is 293 g/mol. The Kier molecular flexibility index (Phi) is 4.29. The van der Waals surface area contributed by atoms with Gasteiger partial charge in [-0.05, 0) is 36.6 Å². The first kappa shape index (κ1) is 14.8. The normalized spacial score (nSPS) is 10.9. The molecule has 4 heteroatoms. The van der Waals surface area contributed by atoms with E-state index in [0.717, 1.165) is 16.8 Å². The number of methoxy groups -OCH3 is 1. The molecule has 0 fully saturated rings. The second-order valence-electron chi connectivity index (χ2n) is 5.00. The first-order valence-corrected chi connectivity index (χ1v) is 6.82. The lowest BCUT2D eigenvalue weighted by Gasteiger charge is -2.15. The third-order valence-electron chi connectivity index (χ3n) is 3.28. The predicted octanol–water partition coefficient (Wildman–Crippen LogP) is 4.98. The molecule has 106 valence electrons. The quantitative estimate of drug-likeness (QED) is 0.744. The zero-order valence-corrected chi connectivity index (χ0v) is 12.8. The molecule has 0 bridgehead atoms. The largest absolute Gasteiger partial charge is 0.496 e. The van der Waals surface area contributed by atoms with Gasteiger partial charge in [0.05, 0.1) is 7.11 Å². The summed E-state index contributed by atoms with van der Waals surface area (Å²) in [5.41, 5.74) is 3.18. The van der Waals surface area contributed by atoms with Gasteiger partial charge in [-0.25, -0.2) is 9.37 Å². The van der Waals surface area contributed by atoms with Crippen molar-refractivity contribution < 1.29 is 9.13 Å². The van der Waals surface area contributed by atoms with E-state index < -0.39 is 0 Å². The van der Waals surface area contributed by atoms with Gasteiger partial charge in [0.15, 0.2) is 0 Å². The Morgan fingerprint density at radius 3 is 2.45 bits per heavy atom. The van der Waals surface area contributed by atoms with E-state index in [1.54, 1.807) is 6.07 Å². The summed E-state index contributed by atoms with van der Waals surface area (Å²) in [5.74, 6) is 0.347. The van der Waals surface area contributed by atoms with E-state index in [1.807, 2.05) is 32.9 Å². The molecule has 0 spiro atoms. The summed E-state index contributed by atoms with van der Waals surface area (Å²) in [6.45, 7) is 5.79. The highest BCUT2D eigenvalue weighted by Crippen LogP contribution is 2.36. The highest BCUT2D eigenvalue weighted by Gasteiger charge is 2.16. The third-order valence-corrected chi connectivity index (χ3v) is 3.49. The summed E-state index contributed by atoms with van der Waals surface area (Å²) in [5, 5.41) is 0.441. The fourth-order valence-corrected chi connectivity index (χ4v) is 2.40. The van der Waals surface area contributed by atoms with E-state index in [4.69, 9.17) is 16.3 Å². The molecular weight excluding hydrogens is 277 g/mol. The van der Waals surface area contributed by atoms with Crippen LogP contribution in [-0.2, 0) is 0 Å². The van der Waals surface area contributed by atoms with E-state index in [9.17, 15) is 4.39 Å². The van der Waals surface area contributed by atoms with Gasteiger partial charge in [-0.3, -0.25) is 0 Å². The summed E-state index contributed by atoms with van der Waals surface area (Å²) in [6, 6.07) is 6.86. The van der Waals surface area contributed by atoms with E-state index >= 15 is 0 Å². The molecule has 2 rings (SSSR count). The summed E-state index contributed by atoms with van der Waals surface area (Å²) < 4.78 is 19.3. The molecule has 0 unspecified atom stereocenters. The number of hydrogen-bond donors (Lipinski definition) is 0. The second-order valence-corrected chi connectivity index (χ2v) is 5.38. The number of benzene rings is 1. The number of hydrogen-bond acceptors (Lipinski definition) is 2. The molecular formula is C16H17ClFNO. The average Bonchev–Trinajstić information content (AvgIpc) is 2.38. The zero-order chi connectivity index (χ0) is 14.9. The Morgan fingerprint density at radius 2 is 1.90 bits per heavy atom. The molecule has 0 aliphatic rings. The molecule has 2 aromatic rings. The summed E-state index contributed by atoms with van der Waals surface area (Å²) >= 11 is 5.88. The van der Waals surface area contributed by atoms with Crippen molar-refractivity contribution in [1.29, 1.82) is 0 Å². The van der Waals surface area contributed by atoms with Gasteiger partial charge in [-0.1, -0.05) is 25.4 Å². The smallest absolute Gasteiger partial charge is 0.130 e. The molecule has 0 radical (unpaired) electrons. The molecule has 1 aromatic carbocycles. The SMILES string of the molecule is COc1cc(F)c(C(C)C)cc1-c1ccc(Cl)nc1C. The summed E-state index contributed by atoms with van der Waals surface area (Å²) in [7, 11) is 1.53. The van der Waals surface area contributed by atoms with Crippen LogP contribution in [0.3, 0.4) is 0 Å². The molecule has 0 saturated carbocycles. The zero-order valence-electron chi connectivity index (χ0n) is 12.0. The highest BCUT2D eigenvalue weighted by molar-refractivity contribution is 6.29. The van der Waals surface area contributed by atoms with Gasteiger partial charge in [0.25, 0.3) is 0 Å². The van der Waals surface area contributed by atoms with Gasteiger partial charge < -0.3 is 4.74 Å². The van der Waals surface area contributed by atoms with Crippen LogP contribution in [0.4, 0.5) is 4.39 Å². The topological polar surface area (TPSA) is 22.1 Å². The van der Waals surface area contributed by atoms with E-state index in [-0.39, 0.29) is 11.7 Å². The molecule has 0 atom stereocenters. The number of halogens is 2. The van der Waals surface area contributed by atoms with Crippen molar-refractivity contribution in [3.05, 3.63) is 46.5 Å². The van der Waals surface area contributed by atoms with Gasteiger partial charge in [0, 0.05) is 22.9 Å². The molecule has 20 heavy (non-hydrogen) atoms. The van der Waals surface area contributed by atoms with Gasteiger partial charge in [-0.15, -0.1) is 0 Å². The first-order chi connectivity index (χ1) is 9.43. The van der Waals surface area contributed by atoms with Crippen LogP contribution in [0.1, 0.15) is 31.0 Å². The summed E-state index contributed by atoms with van der Waals surface area (Å²) in [6.07, 6.45) is 0. The minimum atomic E-state index is -0.250. The summed E-state index contributed by atoms with van der Waals surface area (Å²) in [4.78, 5) is 4.24. The maximum Gasteiger partial charge on any atom is 0.130 e. The van der Waals surface area contributed by atoms with Crippen LogP contribution in [0.2, 0.25) is 5.15 Å².